The van der Waals surface area contributed by atoms with Crippen molar-refractivity contribution in [2.24, 2.45) is 0 Å². The standard InChI is InChI=1S/C3H3F4O/c4-2(5)1-3(6,7)8/h2H,1H2. The van der Waals surface area contributed by atoms with Crippen LogP contribution >= 0.6 is 0 Å². The molecule has 0 aromatic heterocycles. The van der Waals surface area contributed by atoms with Gasteiger partial charge in [-0.15, -0.1) is 0 Å². The lowest BCUT2D eigenvalue weighted by Crippen LogP contribution is -2.16. The molecule has 0 heterocycles. The lowest BCUT2D eigenvalue weighted by Gasteiger charge is -2.02. The number of hydrogen-bond acceptors (Lipinski definition) is 0. The van der Waals surface area contributed by atoms with Gasteiger partial charge in [-0.3, -0.25) is 0 Å². The molecule has 49 valence electrons. The second kappa shape index (κ2) is 2.30. The quantitative estimate of drug-likeness (QED) is 0.508. The molecule has 1 radical (unpaired) electrons. The van der Waals surface area contributed by atoms with Crippen molar-refractivity contribution < 1.29 is 22.7 Å². The third-order valence-corrected chi connectivity index (χ3v) is 0.392. The molecule has 0 saturated heterocycles. The summed E-state index contributed by atoms with van der Waals surface area (Å²) in [6.07, 6.45) is -9.59. The third kappa shape index (κ3) is 5.68. The first-order valence-electron chi connectivity index (χ1n) is 1.78. The molecule has 0 unspecified atom stereocenters. The van der Waals surface area contributed by atoms with Crippen molar-refractivity contribution in [1.82, 2.24) is 0 Å². The SMILES string of the molecule is [O]C(F)(F)CC(F)F. The van der Waals surface area contributed by atoms with Gasteiger partial charge in [-0.2, -0.15) is 13.9 Å². The van der Waals surface area contributed by atoms with E-state index in [1.807, 2.05) is 0 Å². The van der Waals surface area contributed by atoms with Gasteiger partial charge in [-0.1, -0.05) is 0 Å². The first-order chi connectivity index (χ1) is 3.42. The Morgan fingerprint density at radius 2 is 1.75 bits per heavy atom. The highest BCUT2D eigenvalue weighted by molar-refractivity contribution is 4.49. The molecule has 1 nitrogen and oxygen atoms in total. The molecular weight excluding hydrogens is 128 g/mol. The van der Waals surface area contributed by atoms with Crippen LogP contribution in [0.3, 0.4) is 0 Å². The van der Waals surface area contributed by atoms with Crippen molar-refractivity contribution in [3.8, 4) is 0 Å². The minimum atomic E-state index is -4.48. The van der Waals surface area contributed by atoms with Crippen molar-refractivity contribution in [1.29, 1.82) is 0 Å². The molecule has 0 bridgehead atoms. The van der Waals surface area contributed by atoms with Crippen LogP contribution in [0.25, 0.3) is 0 Å². The highest BCUT2D eigenvalue weighted by Crippen LogP contribution is 2.18. The van der Waals surface area contributed by atoms with E-state index in [9.17, 15) is 17.6 Å². The Kier molecular flexibility index (Phi) is 2.21. The number of hydrogen-bond donors (Lipinski definition) is 0. The van der Waals surface area contributed by atoms with Crippen LogP contribution in [0, 0.1) is 0 Å². The van der Waals surface area contributed by atoms with E-state index in [2.05, 4.69) is 0 Å². The topological polar surface area (TPSA) is 19.9 Å². The maximum Gasteiger partial charge on any atom is 0.386 e. The first-order valence-corrected chi connectivity index (χ1v) is 1.78. The zero-order valence-electron chi connectivity index (χ0n) is 3.70. The number of halogens is 4. The summed E-state index contributed by atoms with van der Waals surface area (Å²) in [6.45, 7) is 0. The van der Waals surface area contributed by atoms with E-state index in [4.69, 9.17) is 5.11 Å². The molecule has 0 aliphatic rings. The number of alkyl halides is 4. The van der Waals surface area contributed by atoms with Gasteiger partial charge in [-0.05, 0) is 0 Å². The van der Waals surface area contributed by atoms with E-state index >= 15 is 0 Å². The molecule has 0 aliphatic heterocycles. The second-order valence-corrected chi connectivity index (χ2v) is 1.23. The van der Waals surface area contributed by atoms with E-state index in [0.717, 1.165) is 0 Å². The van der Waals surface area contributed by atoms with Crippen molar-refractivity contribution in [2.75, 3.05) is 0 Å². The lowest BCUT2D eigenvalue weighted by atomic mass is 10.4. The maximum atomic E-state index is 10.9. The molecule has 0 aliphatic carbocycles. The molecule has 0 saturated carbocycles. The lowest BCUT2D eigenvalue weighted by molar-refractivity contribution is -0.258. The Morgan fingerprint density at radius 1 is 1.38 bits per heavy atom. The van der Waals surface area contributed by atoms with E-state index in [-0.39, 0.29) is 0 Å². The zero-order valence-corrected chi connectivity index (χ0v) is 3.70. The average Bonchev–Trinajstić information content (AvgIpc) is 1.21. The Labute approximate surface area is 42.9 Å². The fourth-order valence-electron chi connectivity index (χ4n) is 0.180. The first kappa shape index (κ1) is 7.68. The summed E-state index contributed by atoms with van der Waals surface area (Å²) >= 11 is 0. The fraction of sp³-hybridized carbons (Fsp3) is 1.00. The largest absolute Gasteiger partial charge is 0.386 e. The van der Waals surface area contributed by atoms with Crippen LogP contribution in [0.15, 0.2) is 0 Å². The van der Waals surface area contributed by atoms with Crippen molar-refractivity contribution in [2.45, 2.75) is 19.0 Å². The van der Waals surface area contributed by atoms with Gasteiger partial charge in [0.25, 0.3) is 0 Å². The summed E-state index contributed by atoms with van der Waals surface area (Å²) in [4.78, 5) is 0. The van der Waals surface area contributed by atoms with Gasteiger partial charge < -0.3 is 0 Å². The zero-order chi connectivity index (χ0) is 6.78. The van der Waals surface area contributed by atoms with Crippen LogP contribution in [0.1, 0.15) is 6.42 Å². The Hall–Kier alpha value is -0.320. The summed E-state index contributed by atoms with van der Waals surface area (Å²) in [5.41, 5.74) is 0. The highest BCUT2D eigenvalue weighted by atomic mass is 19.3. The molecule has 0 atom stereocenters. The van der Waals surface area contributed by atoms with Gasteiger partial charge in [0, 0.05) is 0 Å². The van der Waals surface area contributed by atoms with Gasteiger partial charge >= 0.3 is 6.11 Å². The predicted octanol–water partition coefficient (Wildman–Crippen LogP) is 1.66. The summed E-state index contributed by atoms with van der Waals surface area (Å²) in [6, 6.07) is 0. The molecule has 8 heavy (non-hydrogen) atoms. The Bertz CT molecular complexity index is 66.2. The predicted molar refractivity (Wildman–Crippen MR) is 16.3 cm³/mol. The molecule has 0 amide bonds. The third-order valence-electron chi connectivity index (χ3n) is 0.392. The van der Waals surface area contributed by atoms with Crippen LogP contribution < -0.4 is 0 Å². The summed E-state index contributed by atoms with van der Waals surface area (Å²) in [5, 5.41) is 9.10. The molecular formula is C3H3F4O. The normalized spacial score (nSPS) is 12.8. The van der Waals surface area contributed by atoms with Crippen LogP contribution in [-0.2, 0) is 5.11 Å². The summed E-state index contributed by atoms with van der Waals surface area (Å²) in [5.74, 6) is 0. The molecule has 0 spiro atoms. The average molecular weight is 131 g/mol. The molecule has 5 heteroatoms. The van der Waals surface area contributed by atoms with Gasteiger partial charge in [0.15, 0.2) is 0 Å². The molecule has 0 fully saturated rings. The van der Waals surface area contributed by atoms with Crippen LogP contribution in [0.5, 0.6) is 0 Å². The molecule has 0 rings (SSSR count). The van der Waals surface area contributed by atoms with Gasteiger partial charge in [0.2, 0.25) is 6.43 Å². The molecule has 0 aromatic carbocycles. The minimum absolute atomic E-state index is 1.90. The smallest absolute Gasteiger partial charge is 0.210 e. The minimum Gasteiger partial charge on any atom is -0.210 e. The van der Waals surface area contributed by atoms with Gasteiger partial charge in [-0.25, -0.2) is 8.78 Å². The second-order valence-electron chi connectivity index (χ2n) is 1.23. The monoisotopic (exact) mass is 131 g/mol. The molecule has 0 aromatic rings. The van der Waals surface area contributed by atoms with Crippen LogP contribution in [0.4, 0.5) is 17.6 Å². The van der Waals surface area contributed by atoms with E-state index < -0.39 is 19.0 Å². The van der Waals surface area contributed by atoms with E-state index in [1.165, 1.54) is 0 Å². The van der Waals surface area contributed by atoms with E-state index in [1.54, 1.807) is 0 Å². The number of rotatable bonds is 2. The Morgan fingerprint density at radius 3 is 1.75 bits per heavy atom. The Balaban J connectivity index is 3.39. The summed E-state index contributed by atoms with van der Waals surface area (Å²) < 4.78 is 43.6. The summed E-state index contributed by atoms with van der Waals surface area (Å²) in [7, 11) is 0. The van der Waals surface area contributed by atoms with Crippen LogP contribution in [0.2, 0.25) is 0 Å². The van der Waals surface area contributed by atoms with Crippen molar-refractivity contribution in [3.05, 3.63) is 0 Å². The molecule has 0 N–H and O–H groups in total. The van der Waals surface area contributed by atoms with Gasteiger partial charge in [0.1, 0.15) is 6.42 Å². The van der Waals surface area contributed by atoms with Gasteiger partial charge in [0.05, 0.1) is 0 Å². The van der Waals surface area contributed by atoms with Crippen LogP contribution in [-0.4, -0.2) is 12.5 Å². The van der Waals surface area contributed by atoms with Crippen molar-refractivity contribution >= 4 is 0 Å². The van der Waals surface area contributed by atoms with Crippen molar-refractivity contribution in [3.63, 3.8) is 0 Å². The highest BCUT2D eigenvalue weighted by Gasteiger charge is 2.31. The maximum absolute atomic E-state index is 10.9. The fourth-order valence-corrected chi connectivity index (χ4v) is 0.180. The van der Waals surface area contributed by atoms with E-state index in [0.29, 0.717) is 0 Å².